The minimum absolute atomic E-state index is 0.270. The molecule has 4 aromatic rings. The van der Waals surface area contributed by atoms with Crippen molar-refractivity contribution in [3.8, 4) is 28.9 Å². The largest absolute Gasteiger partial charge is 0.494 e. The van der Waals surface area contributed by atoms with Crippen molar-refractivity contribution in [2.45, 2.75) is 24.3 Å². The second kappa shape index (κ2) is 10.8. The number of nitrogens with zero attached hydrogens (tertiary/aromatic N) is 4. The van der Waals surface area contributed by atoms with Crippen LogP contribution in [0.3, 0.4) is 0 Å². The first-order valence-corrected chi connectivity index (χ1v) is 11.8. The number of hydrogen-bond acceptors (Lipinski definition) is 6. The molecule has 0 aliphatic rings. The Hall–Kier alpha value is -4.16. The van der Waals surface area contributed by atoms with E-state index in [2.05, 4.69) is 21.6 Å². The summed E-state index contributed by atoms with van der Waals surface area (Å²) in [7, 11) is 0. The number of nitriles is 1. The fourth-order valence-electron chi connectivity index (χ4n) is 3.39. The Kier molecular flexibility index (Phi) is 7.43. The first kappa shape index (κ1) is 24.0. The lowest BCUT2D eigenvalue weighted by molar-refractivity contribution is -0.115. The average molecular weight is 488 g/mol. The number of halogens is 1. The van der Waals surface area contributed by atoms with Gasteiger partial charge in [0.05, 0.1) is 28.8 Å². The first-order valence-electron chi connectivity index (χ1n) is 10.9. The summed E-state index contributed by atoms with van der Waals surface area (Å²) >= 11 is 1.14. The molecule has 9 heteroatoms. The molecule has 1 N–H and O–H groups in total. The van der Waals surface area contributed by atoms with Crippen LogP contribution in [0.2, 0.25) is 0 Å². The molecule has 1 aromatic heterocycles. The quantitative estimate of drug-likeness (QED) is 0.332. The SMILES string of the molecule is CCOc1ccc(-c2nnc(SC(C)C(=O)Nc3ccccc3C#N)n2-c2ccccc2F)cc1. The molecule has 0 radical (unpaired) electrons. The average Bonchev–Trinajstić information content (AvgIpc) is 3.28. The Balaban J connectivity index is 1.66. The van der Waals surface area contributed by atoms with Gasteiger partial charge in [0.1, 0.15) is 17.6 Å². The fourth-order valence-corrected chi connectivity index (χ4v) is 4.25. The van der Waals surface area contributed by atoms with Gasteiger partial charge < -0.3 is 10.1 Å². The van der Waals surface area contributed by atoms with Crippen LogP contribution in [0.4, 0.5) is 10.1 Å². The van der Waals surface area contributed by atoms with Crippen molar-refractivity contribution in [1.29, 1.82) is 5.26 Å². The summed E-state index contributed by atoms with van der Waals surface area (Å²) in [4.78, 5) is 12.9. The number of thioether (sulfide) groups is 1. The van der Waals surface area contributed by atoms with Crippen LogP contribution in [0.5, 0.6) is 5.75 Å². The Morgan fingerprint density at radius 3 is 2.54 bits per heavy atom. The van der Waals surface area contributed by atoms with Crippen molar-refractivity contribution in [3.05, 3.63) is 84.2 Å². The van der Waals surface area contributed by atoms with Gasteiger partial charge in [-0.15, -0.1) is 10.2 Å². The van der Waals surface area contributed by atoms with Gasteiger partial charge in [0.15, 0.2) is 11.0 Å². The molecule has 7 nitrogen and oxygen atoms in total. The van der Waals surface area contributed by atoms with E-state index in [0.29, 0.717) is 34.6 Å². The molecule has 0 saturated heterocycles. The number of ether oxygens (including phenoxy) is 1. The number of carbonyl (C=O) groups excluding carboxylic acids is 1. The predicted molar refractivity (Wildman–Crippen MR) is 133 cm³/mol. The summed E-state index contributed by atoms with van der Waals surface area (Å²) in [6.45, 7) is 4.17. The van der Waals surface area contributed by atoms with Gasteiger partial charge in [0, 0.05) is 5.56 Å². The van der Waals surface area contributed by atoms with Crippen molar-refractivity contribution in [2.75, 3.05) is 11.9 Å². The molecule has 1 heterocycles. The van der Waals surface area contributed by atoms with E-state index >= 15 is 0 Å². The second-order valence-electron chi connectivity index (χ2n) is 7.46. The standard InChI is InChI=1S/C26H22FN5O2S/c1-3-34-20-14-12-18(13-15-20)24-30-31-26(32(24)23-11-7-5-9-21(23)27)35-17(2)25(33)29-22-10-6-4-8-19(22)16-28/h4-15,17H,3H2,1-2H3,(H,29,33). The molecular weight excluding hydrogens is 465 g/mol. The molecule has 0 spiro atoms. The van der Waals surface area contributed by atoms with Crippen molar-refractivity contribution < 1.29 is 13.9 Å². The zero-order valence-corrected chi connectivity index (χ0v) is 19.9. The van der Waals surface area contributed by atoms with Gasteiger partial charge in [-0.1, -0.05) is 36.0 Å². The van der Waals surface area contributed by atoms with Crippen LogP contribution in [-0.2, 0) is 4.79 Å². The van der Waals surface area contributed by atoms with E-state index in [1.54, 1.807) is 54.0 Å². The molecule has 3 aromatic carbocycles. The van der Waals surface area contributed by atoms with Gasteiger partial charge >= 0.3 is 0 Å². The first-order chi connectivity index (χ1) is 17.0. The molecule has 1 amide bonds. The van der Waals surface area contributed by atoms with E-state index in [4.69, 9.17) is 4.74 Å². The maximum absolute atomic E-state index is 14.8. The lowest BCUT2D eigenvalue weighted by Crippen LogP contribution is -2.23. The number of benzene rings is 3. The lowest BCUT2D eigenvalue weighted by atomic mass is 10.2. The summed E-state index contributed by atoms with van der Waals surface area (Å²) in [5.74, 6) is 0.388. The van der Waals surface area contributed by atoms with Crippen LogP contribution in [0.15, 0.2) is 78.0 Å². The number of hydrogen-bond donors (Lipinski definition) is 1. The van der Waals surface area contributed by atoms with E-state index in [1.165, 1.54) is 6.07 Å². The minimum atomic E-state index is -0.607. The number of nitrogens with one attached hydrogen (secondary N) is 1. The zero-order valence-electron chi connectivity index (χ0n) is 19.1. The molecule has 1 atom stereocenters. The van der Waals surface area contributed by atoms with E-state index in [1.807, 2.05) is 31.2 Å². The molecule has 0 bridgehead atoms. The van der Waals surface area contributed by atoms with Crippen molar-refractivity contribution >= 4 is 23.4 Å². The normalized spacial score (nSPS) is 11.5. The summed E-state index contributed by atoms with van der Waals surface area (Å²) in [6.07, 6.45) is 0. The number of para-hydroxylation sites is 2. The molecule has 0 fully saturated rings. The van der Waals surface area contributed by atoms with Crippen molar-refractivity contribution in [1.82, 2.24) is 14.8 Å². The molecule has 0 aliphatic carbocycles. The van der Waals surface area contributed by atoms with Crippen LogP contribution in [-0.4, -0.2) is 32.5 Å². The summed E-state index contributed by atoms with van der Waals surface area (Å²) in [6, 6.07) is 22.4. The van der Waals surface area contributed by atoms with Crippen LogP contribution in [0.1, 0.15) is 19.4 Å². The van der Waals surface area contributed by atoms with E-state index < -0.39 is 11.1 Å². The van der Waals surface area contributed by atoms with Gasteiger partial charge in [-0.3, -0.25) is 9.36 Å². The molecule has 35 heavy (non-hydrogen) atoms. The van der Waals surface area contributed by atoms with Crippen LogP contribution in [0.25, 0.3) is 17.1 Å². The smallest absolute Gasteiger partial charge is 0.237 e. The highest BCUT2D eigenvalue weighted by Gasteiger charge is 2.23. The topological polar surface area (TPSA) is 92.8 Å². The summed E-state index contributed by atoms with van der Waals surface area (Å²) in [5, 5.41) is 20.4. The Morgan fingerprint density at radius 1 is 1.11 bits per heavy atom. The third-order valence-electron chi connectivity index (χ3n) is 5.11. The molecule has 176 valence electrons. The monoisotopic (exact) mass is 487 g/mol. The van der Waals surface area contributed by atoms with Crippen LogP contribution in [0, 0.1) is 17.1 Å². The van der Waals surface area contributed by atoms with Crippen molar-refractivity contribution in [3.63, 3.8) is 0 Å². The number of rotatable bonds is 8. The molecule has 1 unspecified atom stereocenters. The number of aromatic nitrogens is 3. The number of carbonyl (C=O) groups is 1. The second-order valence-corrected chi connectivity index (χ2v) is 8.77. The fraction of sp³-hybridized carbons (Fsp3) is 0.154. The van der Waals surface area contributed by atoms with E-state index in [9.17, 15) is 14.4 Å². The Bertz CT molecular complexity index is 1380. The van der Waals surface area contributed by atoms with Gasteiger partial charge in [-0.05, 0) is 62.4 Å². The number of amides is 1. The van der Waals surface area contributed by atoms with Crippen LogP contribution < -0.4 is 10.1 Å². The summed E-state index contributed by atoms with van der Waals surface area (Å²) < 4.78 is 22.0. The van der Waals surface area contributed by atoms with Crippen LogP contribution >= 0.6 is 11.8 Å². The maximum atomic E-state index is 14.8. The summed E-state index contributed by atoms with van der Waals surface area (Å²) in [5.41, 5.74) is 1.78. The van der Waals surface area contributed by atoms with Gasteiger partial charge in [-0.2, -0.15) is 5.26 Å². The number of anilines is 1. The Morgan fingerprint density at radius 2 is 1.83 bits per heavy atom. The minimum Gasteiger partial charge on any atom is -0.494 e. The Labute approximate surface area is 206 Å². The maximum Gasteiger partial charge on any atom is 0.237 e. The zero-order chi connectivity index (χ0) is 24.8. The molecular formula is C26H22FN5O2S. The molecule has 0 saturated carbocycles. The third kappa shape index (κ3) is 5.34. The molecule has 4 rings (SSSR count). The highest BCUT2D eigenvalue weighted by atomic mass is 32.2. The van der Waals surface area contributed by atoms with Gasteiger partial charge in [0.25, 0.3) is 0 Å². The van der Waals surface area contributed by atoms with Crippen molar-refractivity contribution in [2.24, 2.45) is 0 Å². The van der Waals surface area contributed by atoms with Gasteiger partial charge in [-0.25, -0.2) is 4.39 Å². The molecule has 0 aliphatic heterocycles. The van der Waals surface area contributed by atoms with Gasteiger partial charge in [0.2, 0.25) is 5.91 Å². The van der Waals surface area contributed by atoms with E-state index in [0.717, 1.165) is 17.3 Å². The van der Waals surface area contributed by atoms with E-state index in [-0.39, 0.29) is 11.6 Å². The third-order valence-corrected chi connectivity index (χ3v) is 6.15. The highest BCUT2D eigenvalue weighted by Crippen LogP contribution is 2.32. The lowest BCUT2D eigenvalue weighted by Gasteiger charge is -2.15. The highest BCUT2D eigenvalue weighted by molar-refractivity contribution is 8.00. The predicted octanol–water partition coefficient (Wildman–Crippen LogP) is 5.46.